The number of nitrogens with one attached hydrogen (secondary N) is 1. The Labute approximate surface area is 143 Å². The van der Waals surface area contributed by atoms with Crippen molar-refractivity contribution in [3.63, 3.8) is 0 Å². The Morgan fingerprint density at radius 2 is 1.91 bits per heavy atom. The minimum absolute atomic E-state index is 0.507. The van der Waals surface area contributed by atoms with Gasteiger partial charge in [0.1, 0.15) is 12.4 Å². The number of aryl methyl sites for hydroxylation is 2. The lowest BCUT2D eigenvalue weighted by Crippen LogP contribution is -2.41. The van der Waals surface area contributed by atoms with Gasteiger partial charge in [-0.3, -0.25) is 0 Å². The molecule has 0 spiro atoms. The fourth-order valence-electron chi connectivity index (χ4n) is 2.83. The van der Waals surface area contributed by atoms with Gasteiger partial charge in [-0.2, -0.15) is 0 Å². The van der Waals surface area contributed by atoms with E-state index in [1.165, 1.54) is 37.1 Å². The molecule has 0 amide bonds. The number of halogens is 1. The van der Waals surface area contributed by atoms with Crippen LogP contribution in [0.15, 0.2) is 42.5 Å². The maximum atomic E-state index is 6.24. The number of hydrogen-bond acceptors (Lipinski definition) is 2. The third-order valence-corrected chi connectivity index (χ3v) is 4.82. The van der Waals surface area contributed by atoms with Crippen molar-refractivity contribution >= 4 is 11.6 Å². The third kappa shape index (κ3) is 4.73. The highest BCUT2D eigenvalue weighted by Crippen LogP contribution is 2.21. The van der Waals surface area contributed by atoms with E-state index in [-0.39, 0.29) is 0 Å². The molecule has 0 aromatic heterocycles. The number of rotatable bonds is 7. The summed E-state index contributed by atoms with van der Waals surface area (Å²) in [6, 6.07) is 14.5. The summed E-state index contributed by atoms with van der Waals surface area (Å²) < 4.78 is 5.84. The molecule has 2 aromatic rings. The highest BCUT2D eigenvalue weighted by molar-refractivity contribution is 6.31. The quantitative estimate of drug-likeness (QED) is 0.790. The molecule has 1 N–H and O–H groups in total. The van der Waals surface area contributed by atoms with Crippen LogP contribution in [0, 0.1) is 12.8 Å². The molecule has 0 radical (unpaired) electrons. The van der Waals surface area contributed by atoms with Crippen molar-refractivity contribution in [2.45, 2.75) is 32.8 Å². The van der Waals surface area contributed by atoms with Crippen molar-refractivity contribution in [3.05, 3.63) is 64.2 Å². The van der Waals surface area contributed by atoms with Crippen LogP contribution in [0.2, 0.25) is 5.02 Å². The number of benzene rings is 2. The molecule has 1 saturated heterocycles. The van der Waals surface area contributed by atoms with Gasteiger partial charge in [-0.15, -0.1) is 0 Å². The first-order valence-corrected chi connectivity index (χ1v) is 8.76. The maximum absolute atomic E-state index is 6.24. The summed E-state index contributed by atoms with van der Waals surface area (Å²) in [5.74, 6) is 1.80. The van der Waals surface area contributed by atoms with E-state index in [1.54, 1.807) is 0 Å². The van der Waals surface area contributed by atoms with E-state index >= 15 is 0 Å². The third-order valence-electron chi connectivity index (χ3n) is 4.47. The van der Waals surface area contributed by atoms with Crippen LogP contribution < -0.4 is 10.1 Å². The van der Waals surface area contributed by atoms with Crippen LogP contribution in [0.5, 0.6) is 5.75 Å². The van der Waals surface area contributed by atoms with Crippen molar-refractivity contribution in [3.8, 4) is 5.75 Å². The summed E-state index contributed by atoms with van der Waals surface area (Å²) in [4.78, 5) is 0. The van der Waals surface area contributed by atoms with Gasteiger partial charge in [-0.25, -0.2) is 0 Å². The Kier molecular flexibility index (Phi) is 5.58. The van der Waals surface area contributed by atoms with Crippen LogP contribution in [-0.4, -0.2) is 13.1 Å². The van der Waals surface area contributed by atoms with Crippen LogP contribution in [-0.2, 0) is 13.0 Å². The second kappa shape index (κ2) is 7.85. The molecule has 1 aliphatic heterocycles. The Balaban J connectivity index is 1.46. The van der Waals surface area contributed by atoms with Gasteiger partial charge in [-0.05, 0) is 74.5 Å². The molecule has 1 heterocycles. The minimum Gasteiger partial charge on any atom is -0.489 e. The van der Waals surface area contributed by atoms with Gasteiger partial charge in [0.15, 0.2) is 0 Å². The van der Waals surface area contributed by atoms with E-state index in [1.807, 2.05) is 19.1 Å². The Hall–Kier alpha value is -1.51. The second-order valence-corrected chi connectivity index (χ2v) is 6.85. The predicted molar refractivity (Wildman–Crippen MR) is 96.3 cm³/mol. The average Bonchev–Trinajstić information content (AvgIpc) is 2.50. The summed E-state index contributed by atoms with van der Waals surface area (Å²) in [7, 11) is 0. The number of hydrogen-bond donors (Lipinski definition) is 1. The topological polar surface area (TPSA) is 21.3 Å². The molecule has 1 fully saturated rings. The zero-order chi connectivity index (χ0) is 16.1. The van der Waals surface area contributed by atoms with Crippen LogP contribution >= 0.6 is 11.6 Å². The largest absolute Gasteiger partial charge is 0.489 e. The fourth-order valence-corrected chi connectivity index (χ4v) is 3.12. The smallest absolute Gasteiger partial charge is 0.119 e. The lowest BCUT2D eigenvalue weighted by atomic mass is 9.95. The number of ether oxygens (including phenoxy) is 1. The second-order valence-electron chi connectivity index (χ2n) is 6.44. The summed E-state index contributed by atoms with van der Waals surface area (Å²) >= 11 is 6.24. The zero-order valence-electron chi connectivity index (χ0n) is 13.6. The summed E-state index contributed by atoms with van der Waals surface area (Å²) in [6.07, 6.45) is 3.75. The minimum atomic E-state index is 0.507. The fraction of sp³-hybridized carbons (Fsp3) is 0.400. The molecule has 1 aliphatic rings. The van der Waals surface area contributed by atoms with Crippen molar-refractivity contribution in [2.24, 2.45) is 5.92 Å². The van der Waals surface area contributed by atoms with Gasteiger partial charge < -0.3 is 10.1 Å². The van der Waals surface area contributed by atoms with Crippen LogP contribution in [0.25, 0.3) is 0 Å². The van der Waals surface area contributed by atoms with Crippen LogP contribution in [0.4, 0.5) is 0 Å². The molecule has 2 nitrogen and oxygen atoms in total. The van der Waals surface area contributed by atoms with E-state index in [0.717, 1.165) is 28.7 Å². The predicted octanol–water partition coefficient (Wildman–Crippen LogP) is 4.77. The van der Waals surface area contributed by atoms with Gasteiger partial charge >= 0.3 is 0 Å². The van der Waals surface area contributed by atoms with E-state index < -0.39 is 0 Å². The van der Waals surface area contributed by atoms with Gasteiger partial charge in [0.25, 0.3) is 0 Å². The molecule has 3 rings (SSSR count). The molecule has 0 atom stereocenters. The lowest BCUT2D eigenvalue weighted by molar-refractivity contribution is 0.306. The molecule has 3 heteroatoms. The highest BCUT2D eigenvalue weighted by Gasteiger charge is 2.15. The average molecular weight is 330 g/mol. The Morgan fingerprint density at radius 3 is 2.57 bits per heavy atom. The lowest BCUT2D eigenvalue weighted by Gasteiger charge is -2.26. The van der Waals surface area contributed by atoms with Crippen LogP contribution in [0.1, 0.15) is 29.5 Å². The van der Waals surface area contributed by atoms with Crippen molar-refractivity contribution in [1.29, 1.82) is 0 Å². The molecular weight excluding hydrogens is 306 g/mol. The molecule has 2 aromatic carbocycles. The van der Waals surface area contributed by atoms with Gasteiger partial charge in [0.05, 0.1) is 0 Å². The molecule has 0 aliphatic carbocycles. The maximum Gasteiger partial charge on any atom is 0.119 e. The first-order valence-electron chi connectivity index (χ1n) is 8.38. The van der Waals surface area contributed by atoms with Gasteiger partial charge in [0.2, 0.25) is 0 Å². The molecule has 0 saturated carbocycles. The SMILES string of the molecule is Cc1ccc(COc2ccc(CCCC3CNC3)cc2)c(Cl)c1. The van der Waals surface area contributed by atoms with E-state index in [0.29, 0.717) is 6.61 Å². The normalized spacial score (nSPS) is 14.5. The van der Waals surface area contributed by atoms with E-state index in [9.17, 15) is 0 Å². The monoisotopic (exact) mass is 329 g/mol. The Morgan fingerprint density at radius 1 is 1.13 bits per heavy atom. The standard InChI is InChI=1S/C20H24ClNO/c1-15-5-8-18(20(21)11-15)14-23-19-9-6-16(7-10-19)3-2-4-17-12-22-13-17/h5-11,17,22H,2-4,12-14H2,1H3. The van der Waals surface area contributed by atoms with Crippen molar-refractivity contribution in [2.75, 3.05) is 13.1 Å². The first-order chi connectivity index (χ1) is 11.2. The van der Waals surface area contributed by atoms with Gasteiger partial charge in [0, 0.05) is 10.6 Å². The van der Waals surface area contributed by atoms with E-state index in [4.69, 9.17) is 16.3 Å². The molecule has 0 bridgehead atoms. The van der Waals surface area contributed by atoms with Crippen molar-refractivity contribution < 1.29 is 4.74 Å². The van der Waals surface area contributed by atoms with Gasteiger partial charge in [-0.1, -0.05) is 35.9 Å². The van der Waals surface area contributed by atoms with E-state index in [2.05, 4.69) is 35.6 Å². The molecule has 122 valence electrons. The highest BCUT2D eigenvalue weighted by atomic mass is 35.5. The summed E-state index contributed by atoms with van der Waals surface area (Å²) in [5.41, 5.74) is 3.58. The first kappa shape index (κ1) is 16.4. The summed E-state index contributed by atoms with van der Waals surface area (Å²) in [6.45, 7) is 4.95. The molecule has 0 unspecified atom stereocenters. The zero-order valence-corrected chi connectivity index (χ0v) is 14.4. The van der Waals surface area contributed by atoms with Crippen molar-refractivity contribution in [1.82, 2.24) is 5.32 Å². The van der Waals surface area contributed by atoms with Crippen LogP contribution in [0.3, 0.4) is 0 Å². The molecule has 23 heavy (non-hydrogen) atoms. The summed E-state index contributed by atoms with van der Waals surface area (Å²) in [5, 5.41) is 4.10. The Bertz CT molecular complexity index is 635. The molecular formula is C20H24ClNO.